The number of H-pyrrole nitrogens is 1. The zero-order valence-corrected chi connectivity index (χ0v) is 13.3. The molecule has 0 saturated carbocycles. The normalized spacial score (nSPS) is 14.7. The molecule has 0 aliphatic carbocycles. The van der Waals surface area contributed by atoms with Crippen LogP contribution < -0.4 is 5.56 Å². The average molecular weight is 337 g/mol. The number of halogens is 3. The summed E-state index contributed by atoms with van der Waals surface area (Å²) in [4.78, 5) is 21.1. The van der Waals surface area contributed by atoms with E-state index < -0.39 is 17.5 Å². The van der Waals surface area contributed by atoms with Crippen molar-refractivity contribution in [2.75, 3.05) is 6.54 Å². The van der Waals surface area contributed by atoms with E-state index in [4.69, 9.17) is 0 Å². The summed E-state index contributed by atoms with van der Waals surface area (Å²) in [6, 6.07) is 1.70. The highest BCUT2D eigenvalue weighted by atomic mass is 19.2. The Morgan fingerprint density at radius 1 is 1.25 bits per heavy atom. The number of hydrogen-bond donors (Lipinski definition) is 1. The van der Waals surface area contributed by atoms with Gasteiger partial charge in [0.05, 0.1) is 5.69 Å². The van der Waals surface area contributed by atoms with Crippen LogP contribution in [0.4, 0.5) is 13.2 Å². The summed E-state index contributed by atoms with van der Waals surface area (Å²) in [6.45, 7) is 2.69. The van der Waals surface area contributed by atoms with Crippen molar-refractivity contribution in [3.8, 4) is 0 Å². The Morgan fingerprint density at radius 2 is 2.00 bits per heavy atom. The number of aromatic amines is 1. The molecule has 1 aromatic heterocycles. The van der Waals surface area contributed by atoms with Crippen molar-refractivity contribution in [2.45, 2.75) is 39.3 Å². The standard InChI is InChI=1S/C17H18F3N3O/c1-2-3-15-21-14-9-23(7-6-10(14)17(24)22-15)8-11-12(18)4-5-13(19)16(11)20/h4-5H,2-3,6-9H2,1H3,(H,21,22,24). The second-order valence-corrected chi connectivity index (χ2v) is 5.97. The first-order chi connectivity index (χ1) is 11.5. The topological polar surface area (TPSA) is 49.0 Å². The van der Waals surface area contributed by atoms with Gasteiger partial charge < -0.3 is 4.98 Å². The van der Waals surface area contributed by atoms with Crippen LogP contribution in [-0.2, 0) is 25.9 Å². The summed E-state index contributed by atoms with van der Waals surface area (Å²) >= 11 is 0. The fraction of sp³-hybridized carbons (Fsp3) is 0.412. The van der Waals surface area contributed by atoms with Gasteiger partial charge in [-0.2, -0.15) is 0 Å². The highest BCUT2D eigenvalue weighted by Crippen LogP contribution is 2.21. The lowest BCUT2D eigenvalue weighted by Crippen LogP contribution is -2.35. The van der Waals surface area contributed by atoms with E-state index in [9.17, 15) is 18.0 Å². The molecule has 7 heteroatoms. The number of aryl methyl sites for hydroxylation is 1. The minimum atomic E-state index is -1.16. The molecule has 4 nitrogen and oxygen atoms in total. The van der Waals surface area contributed by atoms with Gasteiger partial charge in [0.25, 0.3) is 5.56 Å². The largest absolute Gasteiger partial charge is 0.310 e. The van der Waals surface area contributed by atoms with Crippen LogP contribution in [0.3, 0.4) is 0 Å². The molecule has 0 fully saturated rings. The molecule has 0 unspecified atom stereocenters. The molecule has 0 amide bonds. The second kappa shape index (κ2) is 6.76. The fourth-order valence-electron chi connectivity index (χ4n) is 2.97. The molecule has 0 radical (unpaired) electrons. The number of nitrogens with zero attached hydrogens (tertiary/aromatic N) is 2. The van der Waals surface area contributed by atoms with E-state index in [1.807, 2.05) is 6.92 Å². The first-order valence-electron chi connectivity index (χ1n) is 7.95. The molecule has 24 heavy (non-hydrogen) atoms. The average Bonchev–Trinajstić information content (AvgIpc) is 2.55. The van der Waals surface area contributed by atoms with E-state index in [0.29, 0.717) is 43.0 Å². The molecular formula is C17H18F3N3O. The van der Waals surface area contributed by atoms with Crippen molar-refractivity contribution in [1.82, 2.24) is 14.9 Å². The summed E-state index contributed by atoms with van der Waals surface area (Å²) in [5.41, 5.74) is 0.806. The van der Waals surface area contributed by atoms with Crippen LogP contribution in [0.2, 0.25) is 0 Å². The lowest BCUT2D eigenvalue weighted by Gasteiger charge is -2.28. The molecule has 1 aliphatic rings. The molecule has 1 aliphatic heterocycles. The SMILES string of the molecule is CCCc1nc2c(c(=O)[nH]1)CCN(Cc1c(F)ccc(F)c1F)C2. The van der Waals surface area contributed by atoms with Crippen LogP contribution in [0.5, 0.6) is 0 Å². The number of fused-ring (bicyclic) bond motifs is 1. The number of hydrogen-bond acceptors (Lipinski definition) is 3. The first kappa shape index (κ1) is 16.7. The number of aromatic nitrogens is 2. The van der Waals surface area contributed by atoms with E-state index in [1.54, 1.807) is 4.90 Å². The number of rotatable bonds is 4. The second-order valence-electron chi connectivity index (χ2n) is 5.97. The van der Waals surface area contributed by atoms with Gasteiger partial charge in [-0.3, -0.25) is 9.69 Å². The van der Waals surface area contributed by atoms with E-state index >= 15 is 0 Å². The minimum absolute atomic E-state index is 0.0630. The fourth-order valence-corrected chi connectivity index (χ4v) is 2.97. The van der Waals surface area contributed by atoms with E-state index in [0.717, 1.165) is 18.6 Å². The predicted octanol–water partition coefficient (Wildman–Crippen LogP) is 2.70. The summed E-state index contributed by atoms with van der Waals surface area (Å²) < 4.78 is 41.0. The third kappa shape index (κ3) is 3.21. The van der Waals surface area contributed by atoms with Crippen molar-refractivity contribution >= 4 is 0 Å². The Labute approximate surface area is 137 Å². The molecule has 1 N–H and O–H groups in total. The third-order valence-corrected chi connectivity index (χ3v) is 4.21. The van der Waals surface area contributed by atoms with Crippen molar-refractivity contribution in [2.24, 2.45) is 0 Å². The van der Waals surface area contributed by atoms with Crippen LogP contribution >= 0.6 is 0 Å². The van der Waals surface area contributed by atoms with Gasteiger partial charge in [0.2, 0.25) is 0 Å². The zero-order valence-electron chi connectivity index (χ0n) is 13.3. The lowest BCUT2D eigenvalue weighted by atomic mass is 10.0. The van der Waals surface area contributed by atoms with Gasteiger partial charge in [0.1, 0.15) is 11.6 Å². The van der Waals surface area contributed by atoms with Gasteiger partial charge in [-0.15, -0.1) is 0 Å². The molecule has 0 atom stereocenters. The molecule has 128 valence electrons. The maximum absolute atomic E-state index is 13.8. The summed E-state index contributed by atoms with van der Waals surface area (Å²) in [7, 11) is 0. The molecule has 2 heterocycles. The molecule has 0 saturated heterocycles. The highest BCUT2D eigenvalue weighted by molar-refractivity contribution is 5.24. The highest BCUT2D eigenvalue weighted by Gasteiger charge is 2.23. The smallest absolute Gasteiger partial charge is 0.254 e. The van der Waals surface area contributed by atoms with Crippen molar-refractivity contribution in [1.29, 1.82) is 0 Å². The quantitative estimate of drug-likeness (QED) is 0.873. The Morgan fingerprint density at radius 3 is 2.75 bits per heavy atom. The Kier molecular flexibility index (Phi) is 4.71. The summed E-state index contributed by atoms with van der Waals surface area (Å²) in [6.07, 6.45) is 1.96. The number of nitrogens with one attached hydrogen (secondary N) is 1. The summed E-state index contributed by atoms with van der Waals surface area (Å²) in [5.74, 6) is -2.38. The predicted molar refractivity (Wildman–Crippen MR) is 83.0 cm³/mol. The molecule has 3 rings (SSSR count). The van der Waals surface area contributed by atoms with Gasteiger partial charge in [0.15, 0.2) is 11.6 Å². The minimum Gasteiger partial charge on any atom is -0.310 e. The Balaban J connectivity index is 1.85. The summed E-state index contributed by atoms with van der Waals surface area (Å²) in [5, 5.41) is 0. The van der Waals surface area contributed by atoms with Crippen LogP contribution in [0.1, 0.15) is 36.0 Å². The Hall–Kier alpha value is -2.15. The van der Waals surface area contributed by atoms with Crippen LogP contribution in [0, 0.1) is 17.5 Å². The van der Waals surface area contributed by atoms with Crippen molar-refractivity contribution < 1.29 is 13.2 Å². The van der Waals surface area contributed by atoms with Gasteiger partial charge in [-0.25, -0.2) is 18.2 Å². The first-order valence-corrected chi connectivity index (χ1v) is 7.95. The maximum atomic E-state index is 13.8. The zero-order chi connectivity index (χ0) is 17.3. The van der Waals surface area contributed by atoms with Gasteiger partial charge in [-0.1, -0.05) is 6.92 Å². The van der Waals surface area contributed by atoms with E-state index in [2.05, 4.69) is 9.97 Å². The van der Waals surface area contributed by atoms with Crippen LogP contribution in [-0.4, -0.2) is 21.4 Å². The Bertz CT molecular complexity index is 819. The van der Waals surface area contributed by atoms with Crippen molar-refractivity contribution in [3.63, 3.8) is 0 Å². The van der Waals surface area contributed by atoms with E-state index in [1.165, 1.54) is 0 Å². The monoisotopic (exact) mass is 337 g/mol. The van der Waals surface area contributed by atoms with E-state index in [-0.39, 0.29) is 17.7 Å². The third-order valence-electron chi connectivity index (χ3n) is 4.21. The molecule has 1 aromatic carbocycles. The molecule has 0 bridgehead atoms. The van der Waals surface area contributed by atoms with Gasteiger partial charge in [0, 0.05) is 37.2 Å². The van der Waals surface area contributed by atoms with Crippen LogP contribution in [0.25, 0.3) is 0 Å². The number of benzene rings is 1. The van der Waals surface area contributed by atoms with Crippen molar-refractivity contribution in [3.05, 3.63) is 62.6 Å². The molecule has 0 spiro atoms. The van der Waals surface area contributed by atoms with Gasteiger partial charge in [-0.05, 0) is 25.0 Å². The molecule has 2 aromatic rings. The lowest BCUT2D eigenvalue weighted by molar-refractivity contribution is 0.232. The molecular weight excluding hydrogens is 319 g/mol. The van der Waals surface area contributed by atoms with Gasteiger partial charge >= 0.3 is 0 Å². The van der Waals surface area contributed by atoms with Crippen LogP contribution in [0.15, 0.2) is 16.9 Å². The maximum Gasteiger partial charge on any atom is 0.254 e.